The topological polar surface area (TPSA) is 93.1 Å². The molecule has 2 aliphatic rings. The van der Waals surface area contributed by atoms with Crippen LogP contribution in [-0.4, -0.2) is 28.7 Å². The van der Waals surface area contributed by atoms with Crippen molar-refractivity contribution in [1.29, 1.82) is 0 Å². The van der Waals surface area contributed by atoms with E-state index in [1.807, 2.05) is 0 Å². The first-order valence-corrected chi connectivity index (χ1v) is 10.4. The summed E-state index contributed by atoms with van der Waals surface area (Å²) in [6.07, 6.45) is 3.60. The number of benzene rings is 2. The highest BCUT2D eigenvalue weighted by molar-refractivity contribution is 5.98. The maximum Gasteiger partial charge on any atom is 0.345 e. The van der Waals surface area contributed by atoms with E-state index in [0.717, 1.165) is 12.0 Å². The molecule has 0 aromatic heterocycles. The second-order valence-electron chi connectivity index (χ2n) is 8.54. The van der Waals surface area contributed by atoms with Crippen molar-refractivity contribution in [1.82, 2.24) is 0 Å². The number of cyclic esters (lactones) is 1. The quantitative estimate of drug-likeness (QED) is 0.664. The van der Waals surface area contributed by atoms with Crippen LogP contribution in [0.5, 0.6) is 5.75 Å². The number of amides is 1. The molecule has 1 saturated carbocycles. The summed E-state index contributed by atoms with van der Waals surface area (Å²) in [6, 6.07) is 11.5. The fourth-order valence-corrected chi connectivity index (χ4v) is 3.63. The van der Waals surface area contributed by atoms with Crippen molar-refractivity contribution in [2.24, 2.45) is 5.92 Å². The van der Waals surface area contributed by atoms with Gasteiger partial charge in [-0.3, -0.25) is 4.79 Å². The Morgan fingerprint density at radius 1 is 1.10 bits per heavy atom. The molecule has 0 saturated heterocycles. The number of anilines is 1. The van der Waals surface area contributed by atoms with Crippen LogP contribution in [0.25, 0.3) is 0 Å². The molecule has 0 atom stereocenters. The minimum Gasteiger partial charge on any atom is -0.478 e. The van der Waals surface area contributed by atoms with Crippen molar-refractivity contribution >= 4 is 23.5 Å². The maximum atomic E-state index is 13.1. The molecule has 2 aromatic rings. The van der Waals surface area contributed by atoms with Crippen LogP contribution < -0.4 is 9.64 Å². The van der Waals surface area contributed by atoms with Gasteiger partial charge in [-0.15, -0.1) is 0 Å². The molecule has 162 valence electrons. The van der Waals surface area contributed by atoms with Crippen molar-refractivity contribution in [2.45, 2.75) is 51.9 Å². The van der Waals surface area contributed by atoms with Gasteiger partial charge in [0.2, 0.25) is 11.7 Å². The highest BCUT2D eigenvalue weighted by atomic mass is 16.7. The number of carbonyl (C=O) groups is 3. The highest BCUT2D eigenvalue weighted by Crippen LogP contribution is 2.36. The largest absolute Gasteiger partial charge is 0.478 e. The van der Waals surface area contributed by atoms with Gasteiger partial charge in [-0.25, -0.2) is 9.59 Å². The van der Waals surface area contributed by atoms with E-state index >= 15 is 0 Å². The molecule has 0 bridgehead atoms. The third-order valence-electron chi connectivity index (χ3n) is 5.49. The Hall–Kier alpha value is -3.35. The van der Waals surface area contributed by atoms with Crippen molar-refractivity contribution in [3.05, 3.63) is 59.2 Å². The SMILES string of the molecule is CC1(C)OC(=O)c2cc(N(Cc3ccc(C(=O)O)cc3)C(=O)CCC3CC3)ccc2O1. The van der Waals surface area contributed by atoms with Gasteiger partial charge in [-0.2, -0.15) is 0 Å². The minimum absolute atomic E-state index is 0.0420. The monoisotopic (exact) mass is 423 g/mol. The van der Waals surface area contributed by atoms with Crippen LogP contribution in [0.1, 0.15) is 65.8 Å². The van der Waals surface area contributed by atoms with Crippen LogP contribution in [0, 0.1) is 5.92 Å². The molecule has 4 rings (SSSR count). The third kappa shape index (κ3) is 4.87. The standard InChI is InChI=1S/C24H25NO6/c1-24(2)30-20-11-10-18(13-19(20)23(29)31-24)25(21(26)12-7-15-3-4-15)14-16-5-8-17(9-6-16)22(27)28/h5-6,8-11,13,15H,3-4,7,12,14H2,1-2H3,(H,27,28). The normalized spacial score (nSPS) is 16.6. The molecule has 1 fully saturated rings. The van der Waals surface area contributed by atoms with Crippen LogP contribution in [0.4, 0.5) is 5.69 Å². The lowest BCUT2D eigenvalue weighted by atomic mass is 10.1. The number of hydrogen-bond donors (Lipinski definition) is 1. The molecule has 0 unspecified atom stereocenters. The zero-order valence-corrected chi connectivity index (χ0v) is 17.6. The Bertz CT molecular complexity index is 1020. The maximum absolute atomic E-state index is 13.1. The van der Waals surface area contributed by atoms with Crippen LogP contribution in [0.3, 0.4) is 0 Å². The number of nitrogens with zero attached hydrogens (tertiary/aromatic N) is 1. The van der Waals surface area contributed by atoms with E-state index in [0.29, 0.717) is 23.8 Å². The zero-order chi connectivity index (χ0) is 22.2. The lowest BCUT2D eigenvalue weighted by molar-refractivity contribution is -0.127. The van der Waals surface area contributed by atoms with E-state index in [2.05, 4.69) is 0 Å². The van der Waals surface area contributed by atoms with Gasteiger partial charge in [0.25, 0.3) is 0 Å². The van der Waals surface area contributed by atoms with Gasteiger partial charge in [0, 0.05) is 26.0 Å². The molecule has 1 heterocycles. The number of fused-ring (bicyclic) bond motifs is 1. The van der Waals surface area contributed by atoms with Gasteiger partial charge in [-0.1, -0.05) is 25.0 Å². The summed E-state index contributed by atoms with van der Waals surface area (Å²) in [6.45, 7) is 3.59. The van der Waals surface area contributed by atoms with Crippen LogP contribution in [0.2, 0.25) is 0 Å². The van der Waals surface area contributed by atoms with Crippen LogP contribution in [-0.2, 0) is 16.1 Å². The molecule has 7 nitrogen and oxygen atoms in total. The van der Waals surface area contributed by atoms with Crippen LogP contribution >= 0.6 is 0 Å². The average Bonchev–Trinajstić information content (AvgIpc) is 3.54. The summed E-state index contributed by atoms with van der Waals surface area (Å²) in [5.41, 5.74) is 1.83. The number of carboxylic acid groups (broad SMARTS) is 1. The Morgan fingerprint density at radius 2 is 1.81 bits per heavy atom. The minimum atomic E-state index is -1.04. The predicted molar refractivity (Wildman–Crippen MR) is 113 cm³/mol. The number of carboxylic acids is 1. The number of aromatic carboxylic acids is 1. The average molecular weight is 423 g/mol. The first kappa shape index (κ1) is 20.9. The van der Waals surface area contributed by atoms with Gasteiger partial charge in [0.15, 0.2) is 0 Å². The predicted octanol–water partition coefficient (Wildman–Crippen LogP) is 4.39. The van der Waals surface area contributed by atoms with Gasteiger partial charge >= 0.3 is 11.9 Å². The Kier molecular flexibility index (Phi) is 5.43. The summed E-state index contributed by atoms with van der Waals surface area (Å²) in [5.74, 6) is -1.54. The molecule has 1 amide bonds. The van der Waals surface area contributed by atoms with Gasteiger partial charge in [0.1, 0.15) is 11.3 Å². The summed E-state index contributed by atoms with van der Waals surface area (Å²) in [7, 11) is 0. The smallest absolute Gasteiger partial charge is 0.345 e. The third-order valence-corrected chi connectivity index (χ3v) is 5.49. The van der Waals surface area contributed by atoms with E-state index in [1.54, 1.807) is 49.1 Å². The molecular formula is C24H25NO6. The van der Waals surface area contributed by atoms with Gasteiger partial charge in [-0.05, 0) is 48.2 Å². The number of rotatable bonds is 7. The number of esters is 1. The van der Waals surface area contributed by atoms with Crippen LogP contribution in [0.15, 0.2) is 42.5 Å². The van der Waals surface area contributed by atoms with E-state index in [1.165, 1.54) is 25.0 Å². The number of carbonyl (C=O) groups excluding carboxylic acids is 2. The Balaban J connectivity index is 1.62. The van der Waals surface area contributed by atoms with E-state index < -0.39 is 17.7 Å². The molecule has 31 heavy (non-hydrogen) atoms. The molecule has 7 heteroatoms. The molecular weight excluding hydrogens is 398 g/mol. The first-order valence-electron chi connectivity index (χ1n) is 10.4. The fourth-order valence-electron chi connectivity index (χ4n) is 3.63. The fraction of sp³-hybridized carbons (Fsp3) is 0.375. The summed E-state index contributed by atoms with van der Waals surface area (Å²) < 4.78 is 11.0. The first-order chi connectivity index (χ1) is 14.7. The lowest BCUT2D eigenvalue weighted by Gasteiger charge is -2.32. The molecule has 0 spiro atoms. The van der Waals surface area contributed by atoms with Crippen molar-refractivity contribution < 1.29 is 29.0 Å². The highest BCUT2D eigenvalue weighted by Gasteiger charge is 2.34. The van der Waals surface area contributed by atoms with Crippen molar-refractivity contribution in [3.8, 4) is 5.75 Å². The number of hydrogen-bond acceptors (Lipinski definition) is 5. The summed E-state index contributed by atoms with van der Waals surface area (Å²) >= 11 is 0. The molecule has 1 aliphatic carbocycles. The second kappa shape index (κ2) is 8.06. The second-order valence-corrected chi connectivity index (χ2v) is 8.54. The van der Waals surface area contributed by atoms with E-state index in [-0.39, 0.29) is 23.6 Å². The molecule has 1 N–H and O–H groups in total. The Morgan fingerprint density at radius 3 is 2.45 bits per heavy atom. The molecule has 1 aliphatic heterocycles. The number of ether oxygens (including phenoxy) is 2. The van der Waals surface area contributed by atoms with Gasteiger partial charge in [0.05, 0.1) is 12.1 Å². The van der Waals surface area contributed by atoms with E-state index in [9.17, 15) is 14.4 Å². The molecule has 0 radical (unpaired) electrons. The van der Waals surface area contributed by atoms with Gasteiger partial charge < -0.3 is 19.5 Å². The van der Waals surface area contributed by atoms with Crippen molar-refractivity contribution in [3.63, 3.8) is 0 Å². The zero-order valence-electron chi connectivity index (χ0n) is 17.6. The summed E-state index contributed by atoms with van der Waals surface area (Å²) in [5, 5.41) is 9.11. The van der Waals surface area contributed by atoms with E-state index in [4.69, 9.17) is 14.6 Å². The van der Waals surface area contributed by atoms with Crippen molar-refractivity contribution in [2.75, 3.05) is 4.90 Å². The summed E-state index contributed by atoms with van der Waals surface area (Å²) in [4.78, 5) is 38.3. The Labute approximate surface area is 180 Å². The molecule has 2 aromatic carbocycles. The lowest BCUT2D eigenvalue weighted by Crippen LogP contribution is -2.39.